The van der Waals surface area contributed by atoms with E-state index in [0.717, 1.165) is 32.4 Å². The fourth-order valence-electron chi connectivity index (χ4n) is 3.53. The highest BCUT2D eigenvalue weighted by Gasteiger charge is 2.25. The monoisotopic (exact) mass is 450 g/mol. The second-order valence-corrected chi connectivity index (χ2v) is 8.12. The molecule has 0 unspecified atom stereocenters. The lowest BCUT2D eigenvalue weighted by atomic mass is 9.96. The van der Waals surface area contributed by atoms with Crippen molar-refractivity contribution in [1.29, 1.82) is 0 Å². The van der Waals surface area contributed by atoms with Gasteiger partial charge in [-0.2, -0.15) is 0 Å². The van der Waals surface area contributed by atoms with E-state index in [9.17, 15) is 19.7 Å². The summed E-state index contributed by atoms with van der Waals surface area (Å²) in [6, 6.07) is 4.31. The zero-order valence-electron chi connectivity index (χ0n) is 19.1. The first-order valence-electron chi connectivity index (χ1n) is 11.0. The van der Waals surface area contributed by atoms with Gasteiger partial charge in [-0.15, -0.1) is 0 Å². The Labute approximate surface area is 188 Å². The molecule has 1 aromatic rings. The summed E-state index contributed by atoms with van der Waals surface area (Å²) in [5.74, 6) is 0.138. The number of nitro groups is 1. The Morgan fingerprint density at radius 1 is 1.28 bits per heavy atom. The summed E-state index contributed by atoms with van der Waals surface area (Å²) in [4.78, 5) is 37.4. The molecule has 0 atom stereocenters. The fourth-order valence-corrected chi connectivity index (χ4v) is 3.53. The van der Waals surface area contributed by atoms with Crippen LogP contribution in [0.5, 0.6) is 5.75 Å². The van der Waals surface area contributed by atoms with Crippen molar-refractivity contribution in [3.8, 4) is 5.75 Å². The van der Waals surface area contributed by atoms with Crippen molar-refractivity contribution in [2.24, 2.45) is 5.92 Å². The van der Waals surface area contributed by atoms with Crippen LogP contribution in [0.25, 0.3) is 0 Å². The quantitative estimate of drug-likeness (QED) is 0.285. The minimum atomic E-state index is -0.550. The number of hydrogen-bond donors (Lipinski definition) is 2. The molecule has 0 saturated carbocycles. The van der Waals surface area contributed by atoms with Gasteiger partial charge in [0, 0.05) is 32.0 Å². The summed E-state index contributed by atoms with van der Waals surface area (Å²) < 4.78 is 10.5. The third kappa shape index (κ3) is 8.43. The predicted octanol–water partition coefficient (Wildman–Crippen LogP) is 2.58. The number of anilines is 1. The molecular weight excluding hydrogens is 416 g/mol. The topological polar surface area (TPSA) is 123 Å². The third-order valence-corrected chi connectivity index (χ3v) is 5.36. The Morgan fingerprint density at radius 2 is 2.00 bits per heavy atom. The van der Waals surface area contributed by atoms with Crippen LogP contribution < -0.4 is 15.4 Å². The van der Waals surface area contributed by atoms with Crippen molar-refractivity contribution < 1.29 is 24.0 Å². The van der Waals surface area contributed by atoms with Crippen LogP contribution in [0.15, 0.2) is 18.2 Å². The van der Waals surface area contributed by atoms with E-state index in [1.165, 1.54) is 19.2 Å². The Hall–Kier alpha value is -2.72. The minimum absolute atomic E-state index is 0.00644. The third-order valence-electron chi connectivity index (χ3n) is 5.36. The first kappa shape index (κ1) is 25.5. The highest BCUT2D eigenvalue weighted by atomic mass is 16.6. The van der Waals surface area contributed by atoms with Gasteiger partial charge >= 0.3 is 0 Å². The van der Waals surface area contributed by atoms with Crippen molar-refractivity contribution in [2.75, 3.05) is 45.2 Å². The van der Waals surface area contributed by atoms with Gasteiger partial charge in [0.1, 0.15) is 11.4 Å². The molecule has 0 aromatic heterocycles. The largest absolute Gasteiger partial charge is 0.496 e. The van der Waals surface area contributed by atoms with Crippen LogP contribution in [0, 0.1) is 16.0 Å². The molecule has 2 rings (SSSR count). The van der Waals surface area contributed by atoms with Crippen molar-refractivity contribution >= 4 is 23.2 Å². The molecule has 0 radical (unpaired) electrons. The van der Waals surface area contributed by atoms with E-state index in [0.29, 0.717) is 25.4 Å². The number of carbonyl (C=O) groups is 2. The number of rotatable bonds is 12. The van der Waals surface area contributed by atoms with Gasteiger partial charge in [-0.3, -0.25) is 19.7 Å². The Bertz CT molecular complexity index is 778. The number of amides is 2. The molecule has 1 aliphatic rings. The number of nitro benzene ring substituents is 1. The molecule has 1 fully saturated rings. The van der Waals surface area contributed by atoms with Gasteiger partial charge in [0.2, 0.25) is 11.8 Å². The first-order chi connectivity index (χ1) is 15.3. The number of benzene rings is 1. The highest BCUT2D eigenvalue weighted by Crippen LogP contribution is 2.29. The van der Waals surface area contributed by atoms with Crippen LogP contribution in [0.4, 0.5) is 11.4 Å². The zero-order chi connectivity index (χ0) is 23.5. The van der Waals surface area contributed by atoms with Crippen LogP contribution in [0.1, 0.15) is 39.5 Å². The molecular formula is C22H34N4O6. The summed E-state index contributed by atoms with van der Waals surface area (Å²) in [6.45, 7) is 7.24. The number of methoxy groups -OCH3 is 1. The van der Waals surface area contributed by atoms with Gasteiger partial charge < -0.3 is 25.0 Å². The summed E-state index contributed by atoms with van der Waals surface area (Å²) in [7, 11) is 1.42. The molecule has 0 bridgehead atoms. The van der Waals surface area contributed by atoms with Gasteiger partial charge in [0.15, 0.2) is 0 Å². The number of nitrogens with zero attached hydrogens (tertiary/aromatic N) is 2. The van der Waals surface area contributed by atoms with Crippen molar-refractivity contribution in [1.82, 2.24) is 10.2 Å². The van der Waals surface area contributed by atoms with E-state index in [-0.39, 0.29) is 41.6 Å². The van der Waals surface area contributed by atoms with Crippen LogP contribution in [-0.4, -0.2) is 67.6 Å². The van der Waals surface area contributed by atoms with E-state index >= 15 is 0 Å². The molecule has 2 N–H and O–H groups in total. The Kier molecular flexibility index (Phi) is 10.4. The van der Waals surface area contributed by atoms with Crippen molar-refractivity contribution in [2.45, 2.75) is 45.6 Å². The molecule has 1 aromatic carbocycles. The molecule has 0 aliphatic carbocycles. The second kappa shape index (κ2) is 13.0. The second-order valence-electron chi connectivity index (χ2n) is 8.12. The van der Waals surface area contributed by atoms with E-state index < -0.39 is 4.92 Å². The van der Waals surface area contributed by atoms with Crippen LogP contribution in [-0.2, 0) is 14.3 Å². The predicted molar refractivity (Wildman–Crippen MR) is 121 cm³/mol. The molecule has 1 aliphatic heterocycles. The molecule has 178 valence electrons. The molecule has 1 saturated heterocycles. The van der Waals surface area contributed by atoms with Gasteiger partial charge in [-0.05, 0) is 58.3 Å². The molecule has 10 heteroatoms. The summed E-state index contributed by atoms with van der Waals surface area (Å²) in [6.07, 6.45) is 2.71. The molecule has 1 heterocycles. The first-order valence-corrected chi connectivity index (χ1v) is 11.0. The maximum Gasteiger partial charge on any atom is 0.296 e. The fraction of sp³-hybridized carbons (Fsp3) is 0.636. The lowest BCUT2D eigenvalue weighted by molar-refractivity contribution is -0.384. The minimum Gasteiger partial charge on any atom is -0.496 e. The number of nitrogens with one attached hydrogen (secondary N) is 2. The number of carbonyl (C=O) groups excluding carboxylic acids is 2. The van der Waals surface area contributed by atoms with Crippen LogP contribution in [0.2, 0.25) is 0 Å². The van der Waals surface area contributed by atoms with Gasteiger partial charge in [-0.25, -0.2) is 0 Å². The standard InChI is InChI=1S/C22H34N4O6/c1-16(2)32-14-4-10-23-22(28)17-7-11-25(12-8-17)13-9-21(27)24-19-6-5-18(31-3)15-20(19)26(29)30/h5-6,15-17H,4,7-14H2,1-3H3,(H,23,28)(H,24,27). The van der Waals surface area contributed by atoms with Crippen LogP contribution in [0.3, 0.4) is 0 Å². The molecule has 32 heavy (non-hydrogen) atoms. The lowest BCUT2D eigenvalue weighted by Gasteiger charge is -2.31. The SMILES string of the molecule is COc1ccc(NC(=O)CCN2CCC(C(=O)NCCCOC(C)C)CC2)c([N+](=O)[O-])c1. The average molecular weight is 451 g/mol. The normalized spacial score (nSPS) is 14.9. The molecule has 2 amide bonds. The number of likely N-dealkylation sites (tertiary alicyclic amines) is 1. The van der Waals surface area contributed by atoms with E-state index in [2.05, 4.69) is 15.5 Å². The van der Waals surface area contributed by atoms with Crippen molar-refractivity contribution in [3.05, 3.63) is 28.3 Å². The van der Waals surface area contributed by atoms with Crippen molar-refractivity contribution in [3.63, 3.8) is 0 Å². The van der Waals surface area contributed by atoms with E-state index in [4.69, 9.17) is 9.47 Å². The summed E-state index contributed by atoms with van der Waals surface area (Å²) in [5, 5.41) is 16.8. The van der Waals surface area contributed by atoms with E-state index in [1.54, 1.807) is 6.07 Å². The molecule has 10 nitrogen and oxygen atoms in total. The number of ether oxygens (including phenoxy) is 2. The number of hydrogen-bond acceptors (Lipinski definition) is 7. The number of piperidine rings is 1. The van der Waals surface area contributed by atoms with Gasteiger partial charge in [-0.1, -0.05) is 0 Å². The zero-order valence-corrected chi connectivity index (χ0v) is 19.1. The Morgan fingerprint density at radius 3 is 2.62 bits per heavy atom. The maximum absolute atomic E-state index is 12.3. The summed E-state index contributed by atoms with van der Waals surface area (Å²) in [5.41, 5.74) is -0.0599. The summed E-state index contributed by atoms with van der Waals surface area (Å²) >= 11 is 0. The van der Waals surface area contributed by atoms with Crippen LogP contribution >= 0.6 is 0 Å². The van der Waals surface area contributed by atoms with Gasteiger partial charge in [0.25, 0.3) is 5.69 Å². The maximum atomic E-state index is 12.3. The average Bonchev–Trinajstić information content (AvgIpc) is 2.77. The van der Waals surface area contributed by atoms with E-state index in [1.807, 2.05) is 13.8 Å². The molecule has 0 spiro atoms. The Balaban J connectivity index is 1.69. The lowest BCUT2D eigenvalue weighted by Crippen LogP contribution is -2.41. The highest BCUT2D eigenvalue weighted by molar-refractivity contribution is 5.93. The smallest absolute Gasteiger partial charge is 0.296 e. The van der Waals surface area contributed by atoms with Gasteiger partial charge in [0.05, 0.1) is 24.2 Å².